The molecule has 0 N–H and O–H groups in total. The van der Waals surface area contributed by atoms with Gasteiger partial charge in [0.25, 0.3) is 0 Å². The standard InChI is InChI=1S/C20H26N4O2S2/c1-13-21-16(12-27-13)18-8-14-10-24(5-4-17(14)28-18)20(26)15-9-19(25)23(11-15)7-6-22(2)3/h8,12,15H,4-7,9-11H2,1-3H3. The summed E-state index contributed by atoms with van der Waals surface area (Å²) < 4.78 is 0. The predicted octanol–water partition coefficient (Wildman–Crippen LogP) is 2.47. The Morgan fingerprint density at radius 1 is 1.39 bits per heavy atom. The van der Waals surface area contributed by atoms with Crippen LogP contribution in [0.3, 0.4) is 0 Å². The Kier molecular flexibility index (Phi) is 5.53. The van der Waals surface area contributed by atoms with Gasteiger partial charge < -0.3 is 14.7 Å². The van der Waals surface area contributed by atoms with E-state index in [0.717, 1.165) is 30.2 Å². The molecule has 0 spiro atoms. The van der Waals surface area contributed by atoms with E-state index in [4.69, 9.17) is 0 Å². The van der Waals surface area contributed by atoms with Crippen molar-refractivity contribution in [2.75, 3.05) is 40.3 Å². The molecule has 0 aromatic carbocycles. The van der Waals surface area contributed by atoms with Gasteiger partial charge in [-0.15, -0.1) is 22.7 Å². The van der Waals surface area contributed by atoms with Crippen LogP contribution in [0, 0.1) is 12.8 Å². The lowest BCUT2D eigenvalue weighted by Crippen LogP contribution is -2.40. The van der Waals surface area contributed by atoms with Crippen molar-refractivity contribution in [2.45, 2.75) is 26.3 Å². The van der Waals surface area contributed by atoms with E-state index in [1.807, 2.05) is 30.8 Å². The van der Waals surface area contributed by atoms with Crippen molar-refractivity contribution in [3.8, 4) is 10.6 Å². The molecule has 2 aliphatic rings. The van der Waals surface area contributed by atoms with Crippen molar-refractivity contribution in [1.82, 2.24) is 19.7 Å². The topological polar surface area (TPSA) is 56.8 Å². The molecule has 28 heavy (non-hydrogen) atoms. The van der Waals surface area contributed by atoms with E-state index in [0.29, 0.717) is 26.1 Å². The maximum Gasteiger partial charge on any atom is 0.228 e. The number of aromatic nitrogens is 1. The fourth-order valence-electron chi connectivity index (χ4n) is 3.86. The van der Waals surface area contributed by atoms with Gasteiger partial charge in [0, 0.05) is 49.4 Å². The third-order valence-corrected chi connectivity index (χ3v) is 7.46. The number of aryl methyl sites for hydroxylation is 1. The summed E-state index contributed by atoms with van der Waals surface area (Å²) in [4.78, 5) is 38.3. The van der Waals surface area contributed by atoms with E-state index in [1.165, 1.54) is 15.3 Å². The average molecular weight is 419 g/mol. The number of likely N-dealkylation sites (tertiary alicyclic amines) is 1. The van der Waals surface area contributed by atoms with Crippen molar-refractivity contribution in [3.63, 3.8) is 0 Å². The minimum Gasteiger partial charge on any atom is -0.341 e. The van der Waals surface area contributed by atoms with Gasteiger partial charge >= 0.3 is 0 Å². The van der Waals surface area contributed by atoms with Gasteiger partial charge in [0.1, 0.15) is 0 Å². The summed E-state index contributed by atoms with van der Waals surface area (Å²) in [6.07, 6.45) is 1.24. The summed E-state index contributed by atoms with van der Waals surface area (Å²) in [7, 11) is 3.99. The van der Waals surface area contributed by atoms with Crippen LogP contribution in [-0.2, 0) is 22.6 Å². The molecule has 1 unspecified atom stereocenters. The van der Waals surface area contributed by atoms with Crippen LogP contribution in [0.5, 0.6) is 0 Å². The summed E-state index contributed by atoms with van der Waals surface area (Å²) in [5, 5.41) is 3.17. The minimum absolute atomic E-state index is 0.106. The summed E-state index contributed by atoms with van der Waals surface area (Å²) in [6.45, 7) is 5.49. The Hall–Kier alpha value is -1.77. The number of thiazole rings is 1. The summed E-state index contributed by atoms with van der Waals surface area (Å²) in [5.41, 5.74) is 2.27. The zero-order valence-electron chi connectivity index (χ0n) is 16.6. The molecule has 1 fully saturated rings. The maximum absolute atomic E-state index is 13.0. The van der Waals surface area contributed by atoms with E-state index in [1.54, 1.807) is 22.7 Å². The quantitative estimate of drug-likeness (QED) is 0.749. The lowest BCUT2D eigenvalue weighted by Gasteiger charge is -2.29. The van der Waals surface area contributed by atoms with Crippen molar-refractivity contribution in [2.24, 2.45) is 5.92 Å². The lowest BCUT2D eigenvalue weighted by molar-refractivity contribution is -0.136. The highest BCUT2D eigenvalue weighted by atomic mass is 32.1. The smallest absolute Gasteiger partial charge is 0.228 e. The first-order valence-corrected chi connectivity index (χ1v) is 11.4. The highest BCUT2D eigenvalue weighted by Crippen LogP contribution is 2.35. The molecule has 1 saturated heterocycles. The van der Waals surface area contributed by atoms with Gasteiger partial charge in [0.05, 0.1) is 21.5 Å². The molecule has 2 aromatic heterocycles. The average Bonchev–Trinajstić information content (AvgIpc) is 3.36. The minimum atomic E-state index is -0.199. The van der Waals surface area contributed by atoms with E-state index in [2.05, 4.69) is 21.3 Å². The molecule has 4 rings (SSSR count). The number of hydrogen-bond acceptors (Lipinski definition) is 6. The van der Waals surface area contributed by atoms with Crippen molar-refractivity contribution in [3.05, 3.63) is 26.9 Å². The maximum atomic E-state index is 13.0. The zero-order chi connectivity index (χ0) is 19.8. The molecule has 150 valence electrons. The fraction of sp³-hybridized carbons (Fsp3) is 0.550. The second-order valence-electron chi connectivity index (χ2n) is 7.86. The molecular weight excluding hydrogens is 392 g/mol. The van der Waals surface area contributed by atoms with Crippen LogP contribution < -0.4 is 0 Å². The van der Waals surface area contributed by atoms with Crippen molar-refractivity contribution >= 4 is 34.5 Å². The van der Waals surface area contributed by atoms with Crippen LogP contribution in [0.15, 0.2) is 11.4 Å². The highest BCUT2D eigenvalue weighted by Gasteiger charge is 2.37. The van der Waals surface area contributed by atoms with Gasteiger partial charge in [0.15, 0.2) is 0 Å². The summed E-state index contributed by atoms with van der Waals surface area (Å²) in [6, 6.07) is 2.19. The molecule has 0 radical (unpaired) electrons. The second kappa shape index (κ2) is 7.93. The van der Waals surface area contributed by atoms with E-state index in [-0.39, 0.29) is 17.7 Å². The molecule has 6 nitrogen and oxygen atoms in total. The Balaban J connectivity index is 1.41. The SMILES string of the molecule is Cc1nc(-c2cc3c(s2)CCN(C(=O)C2CC(=O)N(CCN(C)C)C2)C3)cs1. The van der Waals surface area contributed by atoms with Crippen LogP contribution >= 0.6 is 22.7 Å². The van der Waals surface area contributed by atoms with Crippen LogP contribution in [0.1, 0.15) is 21.9 Å². The largest absolute Gasteiger partial charge is 0.341 e. The third-order valence-electron chi connectivity index (χ3n) is 5.43. The number of amides is 2. The molecular formula is C20H26N4O2S2. The van der Waals surface area contributed by atoms with E-state index < -0.39 is 0 Å². The molecule has 2 aromatic rings. The number of carbonyl (C=O) groups excluding carboxylic acids is 2. The highest BCUT2D eigenvalue weighted by molar-refractivity contribution is 7.16. The number of rotatable bonds is 5. The third kappa shape index (κ3) is 3.99. The van der Waals surface area contributed by atoms with Crippen LogP contribution in [-0.4, -0.2) is 71.8 Å². The monoisotopic (exact) mass is 418 g/mol. The zero-order valence-corrected chi connectivity index (χ0v) is 18.2. The molecule has 0 aliphatic carbocycles. The van der Waals surface area contributed by atoms with Crippen LogP contribution in [0.25, 0.3) is 10.6 Å². The molecule has 4 heterocycles. The normalized spacial score (nSPS) is 19.6. The molecule has 2 aliphatic heterocycles. The van der Waals surface area contributed by atoms with Gasteiger partial charge in [-0.3, -0.25) is 9.59 Å². The van der Waals surface area contributed by atoms with E-state index in [9.17, 15) is 9.59 Å². The number of carbonyl (C=O) groups is 2. The number of hydrogen-bond donors (Lipinski definition) is 0. The Morgan fingerprint density at radius 3 is 2.93 bits per heavy atom. The Morgan fingerprint density at radius 2 is 2.21 bits per heavy atom. The molecule has 0 saturated carbocycles. The van der Waals surface area contributed by atoms with Gasteiger partial charge in [-0.2, -0.15) is 0 Å². The molecule has 2 amide bonds. The number of nitrogens with zero attached hydrogens (tertiary/aromatic N) is 4. The summed E-state index contributed by atoms with van der Waals surface area (Å²) >= 11 is 3.46. The van der Waals surface area contributed by atoms with Crippen molar-refractivity contribution < 1.29 is 9.59 Å². The number of thiophene rings is 1. The predicted molar refractivity (Wildman–Crippen MR) is 113 cm³/mol. The Bertz CT molecular complexity index is 889. The van der Waals surface area contributed by atoms with Gasteiger partial charge in [-0.1, -0.05) is 0 Å². The van der Waals surface area contributed by atoms with Crippen LogP contribution in [0.4, 0.5) is 0 Å². The van der Waals surface area contributed by atoms with Gasteiger partial charge in [-0.25, -0.2) is 4.98 Å². The van der Waals surface area contributed by atoms with Crippen molar-refractivity contribution in [1.29, 1.82) is 0 Å². The number of fused-ring (bicyclic) bond motifs is 1. The number of likely N-dealkylation sites (N-methyl/N-ethyl adjacent to an activating group) is 1. The van der Waals surface area contributed by atoms with E-state index >= 15 is 0 Å². The first kappa shape index (κ1) is 19.5. The Labute approximate surface area is 173 Å². The molecule has 0 bridgehead atoms. The summed E-state index contributed by atoms with van der Waals surface area (Å²) in [5.74, 6) is 0.0359. The van der Waals surface area contributed by atoms with Crippen LogP contribution in [0.2, 0.25) is 0 Å². The van der Waals surface area contributed by atoms with Gasteiger partial charge in [-0.05, 0) is 39.1 Å². The molecule has 8 heteroatoms. The second-order valence-corrected chi connectivity index (χ2v) is 10.1. The van der Waals surface area contributed by atoms with Gasteiger partial charge in [0.2, 0.25) is 11.8 Å². The first-order valence-electron chi connectivity index (χ1n) is 9.66. The lowest BCUT2D eigenvalue weighted by atomic mass is 10.0. The fourth-order valence-corrected chi connectivity index (χ4v) is 5.67. The molecule has 1 atom stereocenters. The first-order chi connectivity index (χ1) is 13.4.